The Bertz CT molecular complexity index is 543. The minimum Gasteiger partial charge on any atom is -0.0835 e. The zero-order valence-electron chi connectivity index (χ0n) is 11.2. The summed E-state index contributed by atoms with van der Waals surface area (Å²) in [5.41, 5.74) is 6.81. The van der Waals surface area contributed by atoms with Gasteiger partial charge in [0.2, 0.25) is 0 Å². The second kappa shape index (κ2) is 5.71. The third-order valence-corrected chi connectivity index (χ3v) is 4.16. The predicted molar refractivity (Wildman–Crippen MR) is 82.5 cm³/mol. The summed E-state index contributed by atoms with van der Waals surface area (Å²) in [5, 5.41) is 0. The third kappa shape index (κ3) is 3.23. The summed E-state index contributed by atoms with van der Waals surface area (Å²) < 4.78 is 0. The van der Waals surface area contributed by atoms with E-state index < -0.39 is 0 Å². The summed E-state index contributed by atoms with van der Waals surface area (Å²) in [6.45, 7) is 6.48. The van der Waals surface area contributed by atoms with E-state index in [0.717, 1.165) is 6.42 Å². The molecule has 0 fully saturated rings. The van der Waals surface area contributed by atoms with Crippen LogP contribution in [0.15, 0.2) is 42.5 Å². The highest BCUT2D eigenvalue weighted by atomic mass is 79.9. The van der Waals surface area contributed by atoms with Gasteiger partial charge in [-0.2, -0.15) is 0 Å². The SMILES string of the molecule is Cc1cccc(C(Br)Cc2cc(C)ccc2C)c1. The topological polar surface area (TPSA) is 0 Å². The summed E-state index contributed by atoms with van der Waals surface area (Å²) in [6.07, 6.45) is 1.04. The van der Waals surface area contributed by atoms with Gasteiger partial charge in [0, 0.05) is 4.83 Å². The second-order valence-corrected chi connectivity index (χ2v) is 6.12. The molecule has 0 spiro atoms. The molecule has 0 saturated carbocycles. The normalized spacial score (nSPS) is 12.4. The number of benzene rings is 2. The molecule has 0 amide bonds. The zero-order chi connectivity index (χ0) is 13.1. The number of aryl methyl sites for hydroxylation is 3. The number of rotatable bonds is 3. The molecule has 1 atom stereocenters. The fraction of sp³-hybridized carbons (Fsp3) is 0.294. The van der Waals surface area contributed by atoms with Crippen molar-refractivity contribution in [2.75, 3.05) is 0 Å². The van der Waals surface area contributed by atoms with Crippen molar-refractivity contribution < 1.29 is 0 Å². The molecule has 94 valence electrons. The molecule has 0 radical (unpaired) electrons. The van der Waals surface area contributed by atoms with Crippen LogP contribution in [-0.4, -0.2) is 0 Å². The van der Waals surface area contributed by atoms with Crippen LogP contribution in [0.25, 0.3) is 0 Å². The number of hydrogen-bond donors (Lipinski definition) is 0. The fourth-order valence-electron chi connectivity index (χ4n) is 2.20. The molecule has 0 saturated heterocycles. The molecule has 0 aliphatic carbocycles. The quantitative estimate of drug-likeness (QED) is 0.676. The summed E-state index contributed by atoms with van der Waals surface area (Å²) in [4.78, 5) is 0.387. The highest BCUT2D eigenvalue weighted by molar-refractivity contribution is 9.09. The lowest BCUT2D eigenvalue weighted by atomic mass is 9.98. The molecular formula is C17H19Br. The Morgan fingerprint density at radius 2 is 1.67 bits per heavy atom. The Hall–Kier alpha value is -1.08. The molecule has 0 aliphatic heterocycles. The molecule has 1 heteroatoms. The first-order valence-electron chi connectivity index (χ1n) is 6.33. The summed E-state index contributed by atoms with van der Waals surface area (Å²) in [7, 11) is 0. The van der Waals surface area contributed by atoms with Crippen LogP contribution in [0.3, 0.4) is 0 Å². The van der Waals surface area contributed by atoms with E-state index in [-0.39, 0.29) is 0 Å². The van der Waals surface area contributed by atoms with Crippen LogP contribution < -0.4 is 0 Å². The molecule has 0 nitrogen and oxygen atoms in total. The van der Waals surface area contributed by atoms with E-state index in [9.17, 15) is 0 Å². The zero-order valence-corrected chi connectivity index (χ0v) is 12.8. The first-order valence-corrected chi connectivity index (χ1v) is 7.24. The van der Waals surface area contributed by atoms with Crippen molar-refractivity contribution in [2.45, 2.75) is 32.0 Å². The van der Waals surface area contributed by atoms with Crippen LogP contribution in [0.1, 0.15) is 32.6 Å². The van der Waals surface area contributed by atoms with Gasteiger partial charge in [-0.25, -0.2) is 0 Å². The van der Waals surface area contributed by atoms with Gasteiger partial charge in [-0.15, -0.1) is 0 Å². The Morgan fingerprint density at radius 1 is 0.944 bits per heavy atom. The first-order chi connectivity index (χ1) is 8.56. The van der Waals surface area contributed by atoms with Crippen molar-refractivity contribution in [3.63, 3.8) is 0 Å². The van der Waals surface area contributed by atoms with Gasteiger partial charge in [0.15, 0.2) is 0 Å². The summed E-state index contributed by atoms with van der Waals surface area (Å²) >= 11 is 3.82. The standard InChI is InChI=1S/C17H19Br/c1-12-5-4-6-15(9-12)17(18)11-16-10-13(2)7-8-14(16)3/h4-10,17H,11H2,1-3H3. The van der Waals surface area contributed by atoms with Crippen molar-refractivity contribution in [3.05, 3.63) is 70.3 Å². The number of alkyl halides is 1. The smallest absolute Gasteiger partial charge is 0.0435 e. The lowest BCUT2D eigenvalue weighted by Gasteiger charge is -2.13. The van der Waals surface area contributed by atoms with Crippen LogP contribution >= 0.6 is 15.9 Å². The third-order valence-electron chi connectivity index (χ3n) is 3.31. The Balaban J connectivity index is 2.21. The number of halogens is 1. The van der Waals surface area contributed by atoms with E-state index in [1.807, 2.05) is 0 Å². The highest BCUT2D eigenvalue weighted by Gasteiger charge is 2.10. The molecule has 1 unspecified atom stereocenters. The van der Waals surface area contributed by atoms with Gasteiger partial charge in [0.25, 0.3) is 0 Å². The molecule has 18 heavy (non-hydrogen) atoms. The van der Waals surface area contributed by atoms with Crippen LogP contribution in [-0.2, 0) is 6.42 Å². The van der Waals surface area contributed by atoms with Crippen LogP contribution in [0, 0.1) is 20.8 Å². The lowest BCUT2D eigenvalue weighted by Crippen LogP contribution is -1.98. The van der Waals surface area contributed by atoms with Crippen LogP contribution in [0.2, 0.25) is 0 Å². The minimum absolute atomic E-state index is 0.387. The number of hydrogen-bond acceptors (Lipinski definition) is 0. The van der Waals surface area contributed by atoms with Crippen LogP contribution in [0.4, 0.5) is 0 Å². The fourth-order valence-corrected chi connectivity index (χ4v) is 2.83. The maximum absolute atomic E-state index is 3.82. The molecule has 0 aliphatic rings. The molecule has 0 bridgehead atoms. The first kappa shape index (κ1) is 13.4. The van der Waals surface area contributed by atoms with Gasteiger partial charge in [-0.05, 0) is 43.9 Å². The van der Waals surface area contributed by atoms with Crippen LogP contribution in [0.5, 0.6) is 0 Å². The predicted octanol–water partition coefficient (Wildman–Crippen LogP) is 5.29. The van der Waals surface area contributed by atoms with E-state index in [1.54, 1.807) is 0 Å². The van der Waals surface area contributed by atoms with Gasteiger partial charge in [0.05, 0.1) is 0 Å². The van der Waals surface area contributed by atoms with Crippen molar-refractivity contribution in [1.29, 1.82) is 0 Å². The molecule has 2 rings (SSSR count). The van der Waals surface area contributed by atoms with Gasteiger partial charge in [-0.3, -0.25) is 0 Å². The monoisotopic (exact) mass is 302 g/mol. The molecule has 0 N–H and O–H groups in total. The van der Waals surface area contributed by atoms with Crippen molar-refractivity contribution >= 4 is 15.9 Å². The van der Waals surface area contributed by atoms with Gasteiger partial charge < -0.3 is 0 Å². The van der Waals surface area contributed by atoms with E-state index in [0.29, 0.717) is 4.83 Å². The van der Waals surface area contributed by atoms with E-state index >= 15 is 0 Å². The molecule has 2 aromatic rings. The Morgan fingerprint density at radius 3 is 2.39 bits per heavy atom. The maximum atomic E-state index is 3.82. The average Bonchev–Trinajstić information content (AvgIpc) is 2.34. The Labute approximate surface area is 118 Å². The van der Waals surface area contributed by atoms with Gasteiger partial charge >= 0.3 is 0 Å². The maximum Gasteiger partial charge on any atom is 0.0435 e. The largest absolute Gasteiger partial charge is 0.0835 e. The van der Waals surface area contributed by atoms with Gasteiger partial charge in [-0.1, -0.05) is 69.5 Å². The summed E-state index contributed by atoms with van der Waals surface area (Å²) in [6, 6.07) is 15.4. The van der Waals surface area contributed by atoms with E-state index in [1.165, 1.54) is 27.8 Å². The average molecular weight is 303 g/mol. The lowest BCUT2D eigenvalue weighted by molar-refractivity contribution is 0.934. The van der Waals surface area contributed by atoms with E-state index in [4.69, 9.17) is 0 Å². The molecule has 0 aromatic heterocycles. The van der Waals surface area contributed by atoms with E-state index in [2.05, 4.69) is 79.2 Å². The minimum atomic E-state index is 0.387. The Kier molecular flexibility index (Phi) is 4.23. The highest BCUT2D eigenvalue weighted by Crippen LogP contribution is 2.29. The second-order valence-electron chi connectivity index (χ2n) is 5.02. The summed E-state index contributed by atoms with van der Waals surface area (Å²) in [5.74, 6) is 0. The molecule has 2 aromatic carbocycles. The van der Waals surface area contributed by atoms with Crippen molar-refractivity contribution in [3.8, 4) is 0 Å². The molecule has 0 heterocycles. The molecular weight excluding hydrogens is 284 g/mol. The van der Waals surface area contributed by atoms with Crippen molar-refractivity contribution in [1.82, 2.24) is 0 Å². The van der Waals surface area contributed by atoms with Gasteiger partial charge in [0.1, 0.15) is 0 Å². The van der Waals surface area contributed by atoms with Crippen molar-refractivity contribution in [2.24, 2.45) is 0 Å².